The Balaban J connectivity index is 1.79. The van der Waals surface area contributed by atoms with Gasteiger partial charge in [0.25, 0.3) is 5.91 Å². The highest BCUT2D eigenvalue weighted by Crippen LogP contribution is 2.22. The first kappa shape index (κ1) is 13.4. The predicted molar refractivity (Wildman–Crippen MR) is 75.8 cm³/mol. The lowest BCUT2D eigenvalue weighted by atomic mass is 10.2. The molecule has 1 amide bonds. The molecule has 2 aromatic rings. The number of aromatic nitrogens is 1. The molecule has 0 radical (unpaired) electrons. The number of fused-ring (bicyclic) bond motifs is 1. The first-order valence-electron chi connectivity index (χ1n) is 6.50. The standard InChI is InChI=1S/C14H15ClN2O3/c15-8-1-2-9-7(5-8)6-11(16-9)14(20)17-10-3-4-12(18)13(10)19/h1-2,5-6,10,12-13,16,18-19H,3-4H2,(H,17,20)/t10-,12-,13-/m1/s1. The molecule has 0 spiro atoms. The number of amides is 1. The molecule has 1 heterocycles. The van der Waals surface area contributed by atoms with Gasteiger partial charge >= 0.3 is 0 Å². The number of H-pyrrole nitrogens is 1. The number of aliphatic hydroxyl groups is 2. The summed E-state index contributed by atoms with van der Waals surface area (Å²) in [5.41, 5.74) is 1.24. The fourth-order valence-electron chi connectivity index (χ4n) is 2.59. The van der Waals surface area contributed by atoms with E-state index in [4.69, 9.17) is 11.6 Å². The van der Waals surface area contributed by atoms with Gasteiger partial charge in [0, 0.05) is 15.9 Å². The summed E-state index contributed by atoms with van der Waals surface area (Å²) < 4.78 is 0. The van der Waals surface area contributed by atoms with Crippen molar-refractivity contribution in [2.24, 2.45) is 0 Å². The van der Waals surface area contributed by atoms with Gasteiger partial charge in [0.05, 0.1) is 12.1 Å². The van der Waals surface area contributed by atoms with Crippen LogP contribution in [0.2, 0.25) is 5.02 Å². The van der Waals surface area contributed by atoms with Gasteiger partial charge in [-0.1, -0.05) is 11.6 Å². The highest BCUT2D eigenvalue weighted by molar-refractivity contribution is 6.31. The van der Waals surface area contributed by atoms with Gasteiger partial charge in [0.2, 0.25) is 0 Å². The number of rotatable bonds is 2. The summed E-state index contributed by atoms with van der Waals surface area (Å²) in [7, 11) is 0. The van der Waals surface area contributed by atoms with Crippen molar-refractivity contribution in [2.75, 3.05) is 0 Å². The van der Waals surface area contributed by atoms with Gasteiger partial charge in [-0.05, 0) is 37.1 Å². The Hall–Kier alpha value is -1.56. The second kappa shape index (κ2) is 5.09. The van der Waals surface area contributed by atoms with Gasteiger partial charge in [-0.25, -0.2) is 0 Å². The van der Waals surface area contributed by atoms with Crippen molar-refractivity contribution in [2.45, 2.75) is 31.1 Å². The SMILES string of the molecule is O=C(N[C@@H]1CC[C@@H](O)[C@@H]1O)c1cc2cc(Cl)ccc2[nH]1. The topological polar surface area (TPSA) is 85.3 Å². The van der Waals surface area contributed by atoms with E-state index in [9.17, 15) is 15.0 Å². The minimum absolute atomic E-state index is 0.296. The lowest BCUT2D eigenvalue weighted by Crippen LogP contribution is -2.43. The molecule has 0 aliphatic heterocycles. The van der Waals surface area contributed by atoms with Crippen LogP contribution in [0.1, 0.15) is 23.3 Å². The molecule has 5 nitrogen and oxygen atoms in total. The van der Waals surface area contributed by atoms with Crippen LogP contribution in [-0.2, 0) is 0 Å². The first-order valence-corrected chi connectivity index (χ1v) is 6.87. The number of benzene rings is 1. The summed E-state index contributed by atoms with van der Waals surface area (Å²) in [5.74, 6) is -0.296. The number of halogens is 1. The number of carbonyl (C=O) groups is 1. The molecule has 3 atom stereocenters. The second-order valence-corrected chi connectivity index (χ2v) is 5.57. The Morgan fingerprint density at radius 3 is 2.80 bits per heavy atom. The van der Waals surface area contributed by atoms with Crippen molar-refractivity contribution >= 4 is 28.4 Å². The molecule has 1 aromatic heterocycles. The zero-order valence-corrected chi connectivity index (χ0v) is 11.4. The molecule has 1 aliphatic carbocycles. The quantitative estimate of drug-likeness (QED) is 0.676. The maximum absolute atomic E-state index is 12.1. The van der Waals surface area contributed by atoms with Crippen LogP contribution in [0.25, 0.3) is 10.9 Å². The number of hydrogen-bond acceptors (Lipinski definition) is 3. The molecule has 3 rings (SSSR count). The Morgan fingerprint density at radius 2 is 2.10 bits per heavy atom. The summed E-state index contributed by atoms with van der Waals surface area (Å²) in [6.07, 6.45) is -0.603. The molecule has 1 aromatic carbocycles. The van der Waals surface area contributed by atoms with Crippen molar-refractivity contribution in [3.05, 3.63) is 35.0 Å². The molecule has 6 heteroatoms. The third-order valence-corrected chi connectivity index (χ3v) is 3.96. The maximum atomic E-state index is 12.1. The molecule has 106 valence electrons. The Kier molecular flexibility index (Phi) is 3.41. The summed E-state index contributed by atoms with van der Waals surface area (Å²) in [5, 5.41) is 23.4. The van der Waals surface area contributed by atoms with Crippen LogP contribution in [-0.4, -0.2) is 39.4 Å². The third-order valence-electron chi connectivity index (χ3n) is 3.72. The summed E-state index contributed by atoms with van der Waals surface area (Å²) in [4.78, 5) is 15.1. The van der Waals surface area contributed by atoms with E-state index in [1.807, 2.05) is 6.07 Å². The third kappa shape index (κ3) is 2.40. The number of hydrogen-bond donors (Lipinski definition) is 4. The summed E-state index contributed by atoms with van der Waals surface area (Å²) in [6, 6.07) is 6.64. The molecule has 0 saturated heterocycles. The number of aliphatic hydroxyl groups excluding tert-OH is 2. The van der Waals surface area contributed by atoms with E-state index in [1.54, 1.807) is 18.2 Å². The van der Waals surface area contributed by atoms with Crippen LogP contribution in [0.15, 0.2) is 24.3 Å². The molecular weight excluding hydrogens is 280 g/mol. The van der Waals surface area contributed by atoms with Crippen molar-refractivity contribution in [1.82, 2.24) is 10.3 Å². The minimum atomic E-state index is -0.905. The zero-order valence-electron chi connectivity index (χ0n) is 10.6. The fourth-order valence-corrected chi connectivity index (χ4v) is 2.77. The second-order valence-electron chi connectivity index (χ2n) is 5.13. The van der Waals surface area contributed by atoms with E-state index < -0.39 is 18.2 Å². The van der Waals surface area contributed by atoms with Gasteiger partial charge in [0.1, 0.15) is 11.8 Å². The van der Waals surface area contributed by atoms with Crippen molar-refractivity contribution in [1.29, 1.82) is 0 Å². The van der Waals surface area contributed by atoms with Crippen LogP contribution in [0.4, 0.5) is 0 Å². The van der Waals surface area contributed by atoms with Crippen molar-refractivity contribution < 1.29 is 15.0 Å². The zero-order chi connectivity index (χ0) is 14.3. The van der Waals surface area contributed by atoms with Crippen molar-refractivity contribution in [3.63, 3.8) is 0 Å². The highest BCUT2D eigenvalue weighted by Gasteiger charge is 2.34. The van der Waals surface area contributed by atoms with Gasteiger partial charge < -0.3 is 20.5 Å². The largest absolute Gasteiger partial charge is 0.390 e. The summed E-state index contributed by atoms with van der Waals surface area (Å²) in [6.45, 7) is 0. The van der Waals surface area contributed by atoms with Gasteiger partial charge in [0.15, 0.2) is 0 Å². The van der Waals surface area contributed by atoms with E-state index in [-0.39, 0.29) is 5.91 Å². The molecule has 0 unspecified atom stereocenters. The van der Waals surface area contributed by atoms with Gasteiger partial charge in [-0.3, -0.25) is 4.79 Å². The van der Waals surface area contributed by atoms with E-state index in [2.05, 4.69) is 10.3 Å². The summed E-state index contributed by atoms with van der Waals surface area (Å²) >= 11 is 5.90. The fraction of sp³-hybridized carbons (Fsp3) is 0.357. The monoisotopic (exact) mass is 294 g/mol. The van der Waals surface area contributed by atoms with Crippen LogP contribution in [0.3, 0.4) is 0 Å². The molecule has 1 fully saturated rings. The number of carbonyl (C=O) groups excluding carboxylic acids is 1. The molecule has 4 N–H and O–H groups in total. The lowest BCUT2D eigenvalue weighted by molar-refractivity contribution is 0.0296. The molecule has 1 aliphatic rings. The molecule has 20 heavy (non-hydrogen) atoms. The van der Waals surface area contributed by atoms with Crippen LogP contribution >= 0.6 is 11.6 Å². The van der Waals surface area contributed by atoms with Gasteiger partial charge in [-0.15, -0.1) is 0 Å². The minimum Gasteiger partial charge on any atom is -0.390 e. The van der Waals surface area contributed by atoms with Crippen LogP contribution in [0.5, 0.6) is 0 Å². The lowest BCUT2D eigenvalue weighted by Gasteiger charge is -2.17. The van der Waals surface area contributed by atoms with Crippen LogP contribution in [0, 0.1) is 0 Å². The van der Waals surface area contributed by atoms with Crippen LogP contribution < -0.4 is 5.32 Å². The number of aromatic amines is 1. The maximum Gasteiger partial charge on any atom is 0.268 e. The highest BCUT2D eigenvalue weighted by atomic mass is 35.5. The Morgan fingerprint density at radius 1 is 1.30 bits per heavy atom. The Bertz CT molecular complexity index is 655. The van der Waals surface area contributed by atoms with Gasteiger partial charge in [-0.2, -0.15) is 0 Å². The smallest absolute Gasteiger partial charge is 0.268 e. The predicted octanol–water partition coefficient (Wildman–Crippen LogP) is 1.44. The molecule has 0 bridgehead atoms. The van der Waals surface area contributed by atoms with Crippen molar-refractivity contribution in [3.8, 4) is 0 Å². The first-order chi connectivity index (χ1) is 9.54. The van der Waals surface area contributed by atoms with E-state index in [0.717, 1.165) is 10.9 Å². The number of nitrogens with one attached hydrogen (secondary N) is 2. The normalized spacial score (nSPS) is 26.1. The average Bonchev–Trinajstić information content (AvgIpc) is 2.96. The average molecular weight is 295 g/mol. The Labute approximate surface area is 120 Å². The molecular formula is C14H15ClN2O3. The van der Waals surface area contributed by atoms with E-state index in [1.165, 1.54) is 0 Å². The van der Waals surface area contributed by atoms with E-state index in [0.29, 0.717) is 23.6 Å². The molecule has 1 saturated carbocycles. The van der Waals surface area contributed by atoms with E-state index >= 15 is 0 Å².